The molecule has 1 aromatic heterocycles. The SMILES string of the molecule is CCOc1ccc(/C=N/NC(=O)C(C)Sc2n[nH]c(=O)[nH]c2=O)c(OCC)c1. The fraction of sp³-hybridized carbons (Fsp3) is 0.353. The molecule has 1 atom stereocenters. The van der Waals surface area contributed by atoms with Crippen LogP contribution in [0.15, 0.2) is 37.9 Å². The van der Waals surface area contributed by atoms with E-state index in [4.69, 9.17) is 9.47 Å². The molecule has 0 saturated carbocycles. The number of hydrazone groups is 1. The number of H-pyrrole nitrogens is 2. The Balaban J connectivity index is 2.01. The number of aromatic amines is 2. The minimum absolute atomic E-state index is 0.0172. The van der Waals surface area contributed by atoms with Crippen LogP contribution in [0.3, 0.4) is 0 Å². The van der Waals surface area contributed by atoms with Crippen molar-refractivity contribution < 1.29 is 14.3 Å². The van der Waals surface area contributed by atoms with E-state index in [1.54, 1.807) is 25.1 Å². The number of benzene rings is 1. The van der Waals surface area contributed by atoms with Gasteiger partial charge in [-0.1, -0.05) is 11.8 Å². The minimum atomic E-state index is -0.712. The largest absolute Gasteiger partial charge is 0.494 e. The summed E-state index contributed by atoms with van der Waals surface area (Å²) in [6.45, 7) is 6.35. The van der Waals surface area contributed by atoms with Crippen molar-refractivity contribution in [1.82, 2.24) is 20.6 Å². The number of hydrogen-bond donors (Lipinski definition) is 3. The summed E-state index contributed by atoms with van der Waals surface area (Å²) < 4.78 is 11.0. The number of carbonyl (C=O) groups is 1. The van der Waals surface area contributed by atoms with Crippen LogP contribution in [0.1, 0.15) is 26.3 Å². The van der Waals surface area contributed by atoms with E-state index in [2.05, 4.69) is 20.7 Å². The maximum atomic E-state index is 12.2. The Morgan fingerprint density at radius 2 is 2.07 bits per heavy atom. The van der Waals surface area contributed by atoms with E-state index >= 15 is 0 Å². The van der Waals surface area contributed by atoms with Crippen molar-refractivity contribution in [3.63, 3.8) is 0 Å². The highest BCUT2D eigenvalue weighted by atomic mass is 32.2. The van der Waals surface area contributed by atoms with Gasteiger partial charge < -0.3 is 9.47 Å². The summed E-state index contributed by atoms with van der Waals surface area (Å²) in [7, 11) is 0. The van der Waals surface area contributed by atoms with Gasteiger partial charge in [-0.3, -0.25) is 14.6 Å². The van der Waals surface area contributed by atoms with Crippen LogP contribution in [0.4, 0.5) is 0 Å². The fourth-order valence-electron chi connectivity index (χ4n) is 2.05. The summed E-state index contributed by atoms with van der Waals surface area (Å²) in [5.74, 6) is 0.825. The third-order valence-electron chi connectivity index (χ3n) is 3.31. The molecule has 150 valence electrons. The molecule has 0 fully saturated rings. The molecule has 3 N–H and O–H groups in total. The zero-order valence-corrected chi connectivity index (χ0v) is 16.5. The van der Waals surface area contributed by atoms with E-state index in [-0.39, 0.29) is 5.03 Å². The standard InChI is InChI=1S/C17H21N5O5S/c1-4-26-12-7-6-11(13(8-12)27-5-2)9-18-20-14(23)10(3)28-16-15(24)19-17(25)22-21-16/h6-10H,4-5H2,1-3H3,(H,20,23)(H2,19,22,24,25)/b18-9+. The van der Waals surface area contributed by atoms with Gasteiger partial charge >= 0.3 is 5.69 Å². The molecule has 11 heteroatoms. The average Bonchev–Trinajstić information content (AvgIpc) is 2.66. The highest BCUT2D eigenvalue weighted by Crippen LogP contribution is 2.24. The minimum Gasteiger partial charge on any atom is -0.494 e. The predicted octanol–water partition coefficient (Wildman–Crippen LogP) is 0.886. The molecule has 1 amide bonds. The normalized spacial score (nSPS) is 12.0. The van der Waals surface area contributed by atoms with E-state index in [0.29, 0.717) is 30.3 Å². The quantitative estimate of drug-likeness (QED) is 0.319. The van der Waals surface area contributed by atoms with Crippen molar-refractivity contribution >= 4 is 23.9 Å². The van der Waals surface area contributed by atoms with Gasteiger partial charge in [0.05, 0.1) is 24.7 Å². The molecule has 0 aliphatic rings. The molecule has 1 heterocycles. The number of ether oxygens (including phenoxy) is 2. The van der Waals surface area contributed by atoms with Crippen LogP contribution < -0.4 is 26.1 Å². The van der Waals surface area contributed by atoms with Crippen molar-refractivity contribution in [2.75, 3.05) is 13.2 Å². The van der Waals surface area contributed by atoms with Crippen LogP contribution in [-0.4, -0.2) is 45.8 Å². The molecule has 2 aromatic rings. The molecule has 2 rings (SSSR count). The summed E-state index contributed by atoms with van der Waals surface area (Å²) in [5, 5.41) is 8.99. The molecular formula is C17H21N5O5S. The number of amides is 1. The van der Waals surface area contributed by atoms with Gasteiger partial charge in [0.25, 0.3) is 11.5 Å². The van der Waals surface area contributed by atoms with Gasteiger partial charge in [-0.2, -0.15) is 10.2 Å². The monoisotopic (exact) mass is 407 g/mol. The van der Waals surface area contributed by atoms with Crippen molar-refractivity contribution in [3.05, 3.63) is 44.6 Å². The Bertz CT molecular complexity index is 955. The summed E-state index contributed by atoms with van der Waals surface area (Å²) in [4.78, 5) is 36.8. The third-order valence-corrected chi connectivity index (χ3v) is 4.38. The maximum Gasteiger partial charge on any atom is 0.342 e. The van der Waals surface area contributed by atoms with Gasteiger partial charge in [0.15, 0.2) is 5.03 Å². The van der Waals surface area contributed by atoms with Crippen LogP contribution >= 0.6 is 11.8 Å². The van der Waals surface area contributed by atoms with Crippen molar-refractivity contribution in [3.8, 4) is 11.5 Å². The molecule has 10 nitrogen and oxygen atoms in total. The first-order chi connectivity index (χ1) is 13.4. The Morgan fingerprint density at radius 3 is 2.75 bits per heavy atom. The second kappa shape index (κ2) is 10.3. The van der Waals surface area contributed by atoms with Gasteiger partial charge in [0.2, 0.25) is 0 Å². The molecule has 28 heavy (non-hydrogen) atoms. The van der Waals surface area contributed by atoms with Gasteiger partial charge in [0.1, 0.15) is 11.5 Å². The first-order valence-corrected chi connectivity index (χ1v) is 9.40. The molecule has 1 unspecified atom stereocenters. The number of carbonyl (C=O) groups excluding carboxylic acids is 1. The first kappa shape index (κ1) is 21.2. The number of aromatic nitrogens is 3. The van der Waals surface area contributed by atoms with Crippen LogP contribution in [0.5, 0.6) is 11.5 Å². The number of rotatable bonds is 9. The fourth-order valence-corrected chi connectivity index (χ4v) is 2.80. The highest BCUT2D eigenvalue weighted by molar-refractivity contribution is 8.00. The lowest BCUT2D eigenvalue weighted by atomic mass is 10.2. The van der Waals surface area contributed by atoms with Crippen LogP contribution in [0.2, 0.25) is 0 Å². The summed E-state index contributed by atoms with van der Waals surface area (Å²) >= 11 is 0.900. The number of hydrogen-bond acceptors (Lipinski definition) is 8. The van der Waals surface area contributed by atoms with E-state index in [1.807, 2.05) is 18.8 Å². The van der Waals surface area contributed by atoms with E-state index < -0.39 is 22.4 Å². The summed E-state index contributed by atoms with van der Waals surface area (Å²) in [5.41, 5.74) is 1.70. The zero-order valence-electron chi connectivity index (χ0n) is 15.6. The first-order valence-electron chi connectivity index (χ1n) is 8.52. The van der Waals surface area contributed by atoms with E-state index in [0.717, 1.165) is 11.8 Å². The number of nitrogens with zero attached hydrogens (tertiary/aromatic N) is 2. The van der Waals surface area contributed by atoms with Gasteiger partial charge in [-0.15, -0.1) is 0 Å². The molecule has 0 aliphatic carbocycles. The molecule has 0 radical (unpaired) electrons. The molecule has 0 saturated heterocycles. The molecule has 1 aromatic carbocycles. The topological polar surface area (TPSA) is 139 Å². The Kier molecular flexibility index (Phi) is 7.81. The summed E-state index contributed by atoms with van der Waals surface area (Å²) in [6, 6.07) is 5.30. The number of thioether (sulfide) groups is 1. The number of nitrogens with one attached hydrogen (secondary N) is 3. The molecule has 0 bridgehead atoms. The van der Waals surface area contributed by atoms with Gasteiger partial charge in [-0.05, 0) is 32.9 Å². The lowest BCUT2D eigenvalue weighted by Crippen LogP contribution is -2.30. The lowest BCUT2D eigenvalue weighted by Gasteiger charge is -2.10. The third kappa shape index (κ3) is 5.98. The summed E-state index contributed by atoms with van der Waals surface area (Å²) in [6.07, 6.45) is 1.46. The predicted molar refractivity (Wildman–Crippen MR) is 105 cm³/mol. The Morgan fingerprint density at radius 1 is 1.32 bits per heavy atom. The van der Waals surface area contributed by atoms with Crippen LogP contribution in [-0.2, 0) is 4.79 Å². The van der Waals surface area contributed by atoms with Crippen molar-refractivity contribution in [2.45, 2.75) is 31.0 Å². The average molecular weight is 407 g/mol. The van der Waals surface area contributed by atoms with E-state index in [9.17, 15) is 14.4 Å². The lowest BCUT2D eigenvalue weighted by molar-refractivity contribution is -0.120. The van der Waals surface area contributed by atoms with Crippen LogP contribution in [0, 0.1) is 0 Å². The maximum absolute atomic E-state index is 12.2. The van der Waals surface area contributed by atoms with Crippen molar-refractivity contribution in [1.29, 1.82) is 0 Å². The Labute approximate surface area is 164 Å². The Hall–Kier alpha value is -3.08. The molecule has 0 aliphatic heterocycles. The van der Waals surface area contributed by atoms with Gasteiger partial charge in [-0.25, -0.2) is 15.3 Å². The second-order valence-electron chi connectivity index (χ2n) is 5.37. The van der Waals surface area contributed by atoms with Crippen molar-refractivity contribution in [2.24, 2.45) is 5.10 Å². The van der Waals surface area contributed by atoms with E-state index in [1.165, 1.54) is 6.21 Å². The second-order valence-corrected chi connectivity index (χ2v) is 6.70. The highest BCUT2D eigenvalue weighted by Gasteiger charge is 2.17. The van der Waals surface area contributed by atoms with Crippen LogP contribution in [0.25, 0.3) is 0 Å². The van der Waals surface area contributed by atoms with Gasteiger partial charge in [0, 0.05) is 11.6 Å². The molecule has 0 spiro atoms. The smallest absolute Gasteiger partial charge is 0.342 e. The molecular weight excluding hydrogens is 386 g/mol. The zero-order chi connectivity index (χ0) is 20.5.